The first-order valence-corrected chi connectivity index (χ1v) is 10.1. The molecule has 2 aromatic carbocycles. The van der Waals surface area contributed by atoms with Crippen molar-refractivity contribution in [1.82, 2.24) is 5.06 Å². The molecule has 3 nitrogen and oxygen atoms in total. The SMILES string of the molecule is CCCC[C@]1(CC)CSc2cc(O)ccc2[C@H](c2ccccc2)N1O. The fourth-order valence-electron chi connectivity index (χ4n) is 3.65. The van der Waals surface area contributed by atoms with E-state index in [1.165, 1.54) is 0 Å². The normalized spacial score (nSPS) is 23.9. The van der Waals surface area contributed by atoms with E-state index in [1.54, 1.807) is 22.9 Å². The van der Waals surface area contributed by atoms with E-state index in [0.29, 0.717) is 0 Å². The van der Waals surface area contributed by atoms with Crippen LogP contribution >= 0.6 is 11.8 Å². The molecule has 0 saturated carbocycles. The van der Waals surface area contributed by atoms with Crippen molar-refractivity contribution in [2.24, 2.45) is 0 Å². The molecule has 0 spiro atoms. The van der Waals surface area contributed by atoms with E-state index < -0.39 is 0 Å². The minimum Gasteiger partial charge on any atom is -0.508 e. The van der Waals surface area contributed by atoms with E-state index >= 15 is 0 Å². The molecule has 0 amide bonds. The molecule has 0 aromatic heterocycles. The van der Waals surface area contributed by atoms with Gasteiger partial charge in [0.25, 0.3) is 0 Å². The lowest BCUT2D eigenvalue weighted by Crippen LogP contribution is -2.49. The van der Waals surface area contributed by atoms with Crippen LogP contribution in [0.25, 0.3) is 0 Å². The third-order valence-electron chi connectivity index (χ3n) is 5.29. The molecule has 2 aromatic rings. The fraction of sp³-hybridized carbons (Fsp3) is 0.429. The molecule has 0 saturated heterocycles. The van der Waals surface area contributed by atoms with E-state index in [9.17, 15) is 10.3 Å². The first-order valence-electron chi connectivity index (χ1n) is 9.10. The molecule has 4 heteroatoms. The molecule has 0 unspecified atom stereocenters. The Morgan fingerprint density at radius 1 is 1.16 bits per heavy atom. The molecule has 1 aliphatic rings. The lowest BCUT2D eigenvalue weighted by Gasteiger charge is -2.42. The van der Waals surface area contributed by atoms with E-state index in [2.05, 4.69) is 26.0 Å². The number of fused-ring (bicyclic) bond motifs is 1. The van der Waals surface area contributed by atoms with Gasteiger partial charge in [0.05, 0.1) is 11.6 Å². The molecule has 3 rings (SSSR count). The summed E-state index contributed by atoms with van der Waals surface area (Å²) in [5.41, 5.74) is 1.87. The highest BCUT2D eigenvalue weighted by atomic mass is 32.2. The van der Waals surface area contributed by atoms with Crippen LogP contribution in [0.15, 0.2) is 53.4 Å². The Bertz CT molecular complexity index is 706. The van der Waals surface area contributed by atoms with Crippen LogP contribution in [0.1, 0.15) is 56.7 Å². The van der Waals surface area contributed by atoms with Crippen LogP contribution in [0.4, 0.5) is 0 Å². The van der Waals surface area contributed by atoms with Gasteiger partial charge in [0.1, 0.15) is 5.75 Å². The van der Waals surface area contributed by atoms with Crippen LogP contribution in [0.5, 0.6) is 5.75 Å². The maximum absolute atomic E-state index is 11.4. The van der Waals surface area contributed by atoms with Gasteiger partial charge in [-0.3, -0.25) is 0 Å². The maximum Gasteiger partial charge on any atom is 0.116 e. The third kappa shape index (κ3) is 3.57. The molecule has 0 bridgehead atoms. The maximum atomic E-state index is 11.4. The molecule has 0 fully saturated rings. The zero-order valence-electron chi connectivity index (χ0n) is 15.0. The molecule has 0 aliphatic carbocycles. The predicted molar refractivity (Wildman–Crippen MR) is 103 cm³/mol. The minimum atomic E-state index is -0.268. The monoisotopic (exact) mass is 357 g/mol. The Balaban J connectivity index is 2.12. The fourth-order valence-corrected chi connectivity index (χ4v) is 5.10. The van der Waals surface area contributed by atoms with Gasteiger partial charge in [0.15, 0.2) is 0 Å². The smallest absolute Gasteiger partial charge is 0.116 e. The number of aromatic hydroxyl groups is 1. The van der Waals surface area contributed by atoms with Crippen molar-refractivity contribution in [1.29, 1.82) is 0 Å². The van der Waals surface area contributed by atoms with Crippen LogP contribution in [-0.2, 0) is 0 Å². The summed E-state index contributed by atoms with van der Waals surface area (Å²) in [5, 5.41) is 23.0. The lowest BCUT2D eigenvalue weighted by atomic mass is 9.87. The van der Waals surface area contributed by atoms with Crippen molar-refractivity contribution in [2.45, 2.75) is 56.0 Å². The van der Waals surface area contributed by atoms with Crippen LogP contribution in [0, 0.1) is 0 Å². The lowest BCUT2D eigenvalue weighted by molar-refractivity contribution is -0.193. The number of hydrogen-bond acceptors (Lipinski definition) is 4. The molecule has 0 radical (unpaired) electrons. The van der Waals surface area contributed by atoms with E-state index in [-0.39, 0.29) is 17.3 Å². The first kappa shape index (κ1) is 18.3. The Labute approximate surface area is 154 Å². The Hall–Kier alpha value is -1.49. The second kappa shape index (κ2) is 7.81. The number of nitrogens with zero attached hydrogens (tertiary/aromatic N) is 1. The van der Waals surface area contributed by atoms with Crippen molar-refractivity contribution in [3.8, 4) is 5.75 Å². The summed E-state index contributed by atoms with van der Waals surface area (Å²) in [7, 11) is 0. The Morgan fingerprint density at radius 3 is 2.60 bits per heavy atom. The average molecular weight is 358 g/mol. The van der Waals surface area contributed by atoms with Gasteiger partial charge in [-0.1, -0.05) is 63.1 Å². The molecule has 1 aliphatic heterocycles. The van der Waals surface area contributed by atoms with Crippen LogP contribution in [0.2, 0.25) is 0 Å². The van der Waals surface area contributed by atoms with Gasteiger partial charge in [-0.05, 0) is 36.1 Å². The number of phenolic OH excluding ortho intramolecular Hbond substituents is 1. The predicted octanol–water partition coefficient (Wildman–Crippen LogP) is 5.62. The Morgan fingerprint density at radius 2 is 1.92 bits per heavy atom. The molecule has 134 valence electrons. The average Bonchev–Trinajstić information content (AvgIpc) is 2.76. The van der Waals surface area contributed by atoms with E-state index in [0.717, 1.165) is 47.5 Å². The summed E-state index contributed by atoms with van der Waals surface area (Å²) < 4.78 is 0. The van der Waals surface area contributed by atoms with Crippen molar-refractivity contribution in [3.05, 3.63) is 59.7 Å². The highest BCUT2D eigenvalue weighted by Crippen LogP contribution is 2.46. The quantitative estimate of drug-likeness (QED) is 0.729. The number of thioether (sulfide) groups is 1. The molecule has 2 atom stereocenters. The summed E-state index contributed by atoms with van der Waals surface area (Å²) in [6.45, 7) is 4.35. The van der Waals surface area contributed by atoms with Crippen molar-refractivity contribution in [3.63, 3.8) is 0 Å². The summed E-state index contributed by atoms with van der Waals surface area (Å²) in [5.74, 6) is 1.10. The number of hydroxylamine groups is 2. The highest BCUT2D eigenvalue weighted by Gasteiger charge is 2.42. The second-order valence-corrected chi connectivity index (χ2v) is 7.87. The van der Waals surface area contributed by atoms with Crippen LogP contribution in [0.3, 0.4) is 0 Å². The summed E-state index contributed by atoms with van der Waals surface area (Å²) in [6.07, 6.45) is 4.06. The van der Waals surface area contributed by atoms with Gasteiger partial charge in [0, 0.05) is 10.6 Å². The van der Waals surface area contributed by atoms with Crippen LogP contribution in [-0.4, -0.2) is 26.7 Å². The van der Waals surface area contributed by atoms with Crippen molar-refractivity contribution < 1.29 is 10.3 Å². The molecular formula is C21H27NO2S. The number of phenols is 1. The van der Waals surface area contributed by atoms with Gasteiger partial charge in [-0.25, -0.2) is 0 Å². The van der Waals surface area contributed by atoms with Gasteiger partial charge in [-0.15, -0.1) is 11.8 Å². The topological polar surface area (TPSA) is 43.7 Å². The second-order valence-electron chi connectivity index (χ2n) is 6.85. The first-order chi connectivity index (χ1) is 12.1. The Kier molecular flexibility index (Phi) is 5.72. The van der Waals surface area contributed by atoms with Gasteiger partial charge < -0.3 is 10.3 Å². The van der Waals surface area contributed by atoms with Gasteiger partial charge >= 0.3 is 0 Å². The third-order valence-corrected chi connectivity index (χ3v) is 6.63. The van der Waals surface area contributed by atoms with Crippen LogP contribution < -0.4 is 0 Å². The highest BCUT2D eigenvalue weighted by molar-refractivity contribution is 7.99. The number of hydrogen-bond donors (Lipinski definition) is 2. The molecular weight excluding hydrogens is 330 g/mol. The molecule has 1 heterocycles. The standard InChI is InChI=1S/C21H27NO2S/c1-3-5-13-21(4-2)15-25-19-14-17(23)11-12-18(19)20(22(21)24)16-9-7-6-8-10-16/h6-12,14,20,23-24H,3-5,13,15H2,1-2H3/t20-,21+/m0/s1. The number of unbranched alkanes of at least 4 members (excludes halogenated alkanes) is 1. The largest absolute Gasteiger partial charge is 0.508 e. The zero-order valence-corrected chi connectivity index (χ0v) is 15.8. The van der Waals surface area contributed by atoms with Crippen molar-refractivity contribution in [2.75, 3.05) is 5.75 Å². The number of rotatable bonds is 5. The van der Waals surface area contributed by atoms with Gasteiger partial charge in [0.2, 0.25) is 0 Å². The summed E-state index contributed by atoms with van der Waals surface area (Å²) >= 11 is 1.75. The summed E-state index contributed by atoms with van der Waals surface area (Å²) in [4.78, 5) is 1.06. The van der Waals surface area contributed by atoms with E-state index in [4.69, 9.17) is 0 Å². The molecule has 25 heavy (non-hydrogen) atoms. The molecule has 2 N–H and O–H groups in total. The van der Waals surface area contributed by atoms with Gasteiger partial charge in [-0.2, -0.15) is 5.06 Å². The van der Waals surface area contributed by atoms with E-state index in [1.807, 2.05) is 30.3 Å². The minimum absolute atomic E-state index is 0.219. The zero-order chi connectivity index (χ0) is 17.9. The van der Waals surface area contributed by atoms with Crippen molar-refractivity contribution >= 4 is 11.8 Å². The number of benzene rings is 2. The summed E-state index contributed by atoms with van der Waals surface area (Å²) in [6, 6.07) is 15.4.